The minimum Gasteiger partial charge on any atom is -0.306 e. The zero-order valence-electron chi connectivity index (χ0n) is 12.0. The number of halogens is 3. The fourth-order valence-corrected chi connectivity index (χ4v) is 2.11. The molecule has 0 radical (unpaired) electrons. The highest BCUT2D eigenvalue weighted by atomic mass is 19.2. The van der Waals surface area contributed by atoms with Crippen LogP contribution >= 0.6 is 0 Å². The summed E-state index contributed by atoms with van der Waals surface area (Å²) >= 11 is 0. The summed E-state index contributed by atoms with van der Waals surface area (Å²) < 4.78 is 40.0. The van der Waals surface area contributed by atoms with E-state index in [2.05, 4.69) is 10.3 Å². The van der Waals surface area contributed by atoms with Gasteiger partial charge in [-0.3, -0.25) is 4.98 Å². The molecule has 112 valence electrons. The third-order valence-corrected chi connectivity index (χ3v) is 3.21. The first-order valence-corrected chi connectivity index (χ1v) is 6.83. The highest BCUT2D eigenvalue weighted by Gasteiger charge is 2.18. The first-order chi connectivity index (χ1) is 10.0. The molecule has 0 aliphatic carbocycles. The van der Waals surface area contributed by atoms with E-state index < -0.39 is 23.5 Å². The van der Waals surface area contributed by atoms with Crippen LogP contribution in [-0.4, -0.2) is 11.5 Å². The topological polar surface area (TPSA) is 24.9 Å². The molecule has 1 unspecified atom stereocenters. The number of hydrogen-bond acceptors (Lipinski definition) is 2. The molecule has 1 N–H and O–H groups in total. The van der Waals surface area contributed by atoms with Gasteiger partial charge >= 0.3 is 0 Å². The summed E-state index contributed by atoms with van der Waals surface area (Å²) in [6.45, 7) is 4.51. The van der Waals surface area contributed by atoms with Crippen LogP contribution in [0.2, 0.25) is 0 Å². The van der Waals surface area contributed by atoms with Gasteiger partial charge in [0.1, 0.15) is 0 Å². The Morgan fingerprint density at radius 2 is 1.76 bits per heavy atom. The van der Waals surface area contributed by atoms with Crippen LogP contribution < -0.4 is 5.32 Å². The Kier molecular flexibility index (Phi) is 4.96. The lowest BCUT2D eigenvalue weighted by Crippen LogP contribution is -2.24. The van der Waals surface area contributed by atoms with E-state index in [0.717, 1.165) is 29.8 Å². The smallest absolute Gasteiger partial charge is 0.194 e. The van der Waals surface area contributed by atoms with E-state index >= 15 is 0 Å². The molecule has 2 nitrogen and oxygen atoms in total. The molecule has 5 heteroatoms. The molecule has 0 spiro atoms. The molecule has 1 atom stereocenters. The Labute approximate surface area is 122 Å². The molecule has 0 aliphatic heterocycles. The molecule has 2 aromatic rings. The molecule has 0 amide bonds. The molecule has 1 aromatic heterocycles. The molecule has 0 aliphatic rings. The van der Waals surface area contributed by atoms with Crippen molar-refractivity contribution in [2.45, 2.75) is 26.3 Å². The van der Waals surface area contributed by atoms with Gasteiger partial charge in [-0.05, 0) is 49.2 Å². The van der Waals surface area contributed by atoms with Crippen molar-refractivity contribution in [3.05, 3.63) is 64.7 Å². The van der Waals surface area contributed by atoms with Crippen LogP contribution in [0, 0.1) is 24.4 Å². The summed E-state index contributed by atoms with van der Waals surface area (Å²) in [6, 6.07) is 5.28. The van der Waals surface area contributed by atoms with Crippen molar-refractivity contribution in [2.24, 2.45) is 0 Å². The Morgan fingerprint density at radius 3 is 2.29 bits per heavy atom. The number of pyridine rings is 1. The summed E-state index contributed by atoms with van der Waals surface area (Å²) in [6.07, 6.45) is 2.52. The minimum atomic E-state index is -1.45. The lowest BCUT2D eigenvalue weighted by atomic mass is 9.99. The summed E-state index contributed by atoms with van der Waals surface area (Å²) in [7, 11) is 0. The maximum atomic E-state index is 13.4. The van der Waals surface area contributed by atoms with E-state index in [-0.39, 0.29) is 0 Å². The molecule has 0 saturated heterocycles. The molecule has 2 rings (SSSR count). The fraction of sp³-hybridized carbons (Fsp3) is 0.312. The minimum absolute atomic E-state index is 0.338. The van der Waals surface area contributed by atoms with Crippen LogP contribution in [-0.2, 0) is 0 Å². The number of hydrogen-bond donors (Lipinski definition) is 1. The van der Waals surface area contributed by atoms with Crippen LogP contribution in [0.3, 0.4) is 0 Å². The Hall–Kier alpha value is -1.88. The third-order valence-electron chi connectivity index (χ3n) is 3.21. The Bertz CT molecular complexity index is 588. The van der Waals surface area contributed by atoms with Gasteiger partial charge in [-0.1, -0.05) is 13.0 Å². The highest BCUT2D eigenvalue weighted by molar-refractivity contribution is 5.32. The summed E-state index contributed by atoms with van der Waals surface area (Å²) in [4.78, 5) is 4.19. The van der Waals surface area contributed by atoms with Gasteiger partial charge in [-0.15, -0.1) is 0 Å². The summed E-state index contributed by atoms with van der Waals surface area (Å²) in [5, 5.41) is 3.20. The zero-order valence-corrected chi connectivity index (χ0v) is 12.0. The highest BCUT2D eigenvalue weighted by Crippen LogP contribution is 2.25. The van der Waals surface area contributed by atoms with Crippen molar-refractivity contribution < 1.29 is 13.2 Å². The molecule has 21 heavy (non-hydrogen) atoms. The van der Waals surface area contributed by atoms with Gasteiger partial charge in [0.25, 0.3) is 0 Å². The number of rotatable bonds is 5. The second-order valence-corrected chi connectivity index (χ2v) is 4.92. The number of aryl methyl sites for hydroxylation is 1. The van der Waals surface area contributed by atoms with Crippen LogP contribution in [0.5, 0.6) is 0 Å². The first-order valence-electron chi connectivity index (χ1n) is 6.83. The van der Waals surface area contributed by atoms with Gasteiger partial charge < -0.3 is 5.32 Å². The van der Waals surface area contributed by atoms with Crippen molar-refractivity contribution in [1.29, 1.82) is 0 Å². The standard InChI is InChI=1S/C16H17F3N2/c1-3-6-20-16(11-5-4-10(2)21-9-11)12-7-13(17)15(19)14(18)8-12/h4-5,7-9,16,20H,3,6H2,1-2H3. The van der Waals surface area contributed by atoms with Gasteiger partial charge in [0.15, 0.2) is 17.5 Å². The summed E-state index contributed by atoms with van der Waals surface area (Å²) in [5.41, 5.74) is 1.97. The maximum Gasteiger partial charge on any atom is 0.194 e. The molecule has 0 fully saturated rings. The van der Waals surface area contributed by atoms with Gasteiger partial charge in [0.05, 0.1) is 6.04 Å². The lowest BCUT2D eigenvalue weighted by molar-refractivity contribution is 0.442. The van der Waals surface area contributed by atoms with Crippen molar-refractivity contribution in [2.75, 3.05) is 6.54 Å². The molecule has 0 bridgehead atoms. The fourth-order valence-electron chi connectivity index (χ4n) is 2.11. The molecule has 1 aromatic carbocycles. The Balaban J connectivity index is 2.42. The van der Waals surface area contributed by atoms with Gasteiger partial charge in [0, 0.05) is 11.9 Å². The number of nitrogens with one attached hydrogen (secondary N) is 1. The molecular formula is C16H17F3N2. The van der Waals surface area contributed by atoms with Crippen LogP contribution in [0.1, 0.15) is 36.2 Å². The predicted molar refractivity (Wildman–Crippen MR) is 75.4 cm³/mol. The van der Waals surface area contributed by atoms with Crippen molar-refractivity contribution >= 4 is 0 Å². The average Bonchev–Trinajstić information content (AvgIpc) is 2.46. The normalized spacial score (nSPS) is 12.4. The van der Waals surface area contributed by atoms with Gasteiger partial charge in [-0.25, -0.2) is 13.2 Å². The maximum absolute atomic E-state index is 13.4. The van der Waals surface area contributed by atoms with Crippen molar-refractivity contribution in [1.82, 2.24) is 10.3 Å². The monoisotopic (exact) mass is 294 g/mol. The largest absolute Gasteiger partial charge is 0.306 e. The van der Waals surface area contributed by atoms with Gasteiger partial charge in [0.2, 0.25) is 0 Å². The third kappa shape index (κ3) is 3.61. The Morgan fingerprint density at radius 1 is 1.10 bits per heavy atom. The van der Waals surface area contributed by atoms with E-state index in [4.69, 9.17) is 0 Å². The summed E-state index contributed by atoms with van der Waals surface area (Å²) in [5.74, 6) is -3.82. The SMILES string of the molecule is CCCNC(c1ccc(C)nc1)c1cc(F)c(F)c(F)c1. The lowest BCUT2D eigenvalue weighted by Gasteiger charge is -2.20. The van der Waals surface area contributed by atoms with E-state index in [0.29, 0.717) is 12.1 Å². The van der Waals surface area contributed by atoms with E-state index in [1.807, 2.05) is 26.0 Å². The van der Waals surface area contributed by atoms with Crippen molar-refractivity contribution in [3.8, 4) is 0 Å². The molecule has 1 heterocycles. The zero-order chi connectivity index (χ0) is 15.4. The van der Waals surface area contributed by atoms with E-state index in [1.165, 1.54) is 0 Å². The molecular weight excluding hydrogens is 277 g/mol. The van der Waals surface area contributed by atoms with Crippen LogP contribution in [0.4, 0.5) is 13.2 Å². The second-order valence-electron chi connectivity index (χ2n) is 4.92. The van der Waals surface area contributed by atoms with Gasteiger partial charge in [-0.2, -0.15) is 0 Å². The van der Waals surface area contributed by atoms with Crippen LogP contribution in [0.25, 0.3) is 0 Å². The second kappa shape index (κ2) is 6.72. The van der Waals surface area contributed by atoms with Crippen molar-refractivity contribution in [3.63, 3.8) is 0 Å². The number of aromatic nitrogens is 1. The average molecular weight is 294 g/mol. The van der Waals surface area contributed by atoms with Crippen LogP contribution in [0.15, 0.2) is 30.5 Å². The van der Waals surface area contributed by atoms with E-state index in [1.54, 1.807) is 6.20 Å². The first kappa shape index (κ1) is 15.5. The number of benzene rings is 1. The predicted octanol–water partition coefficient (Wildman–Crippen LogP) is 3.90. The van der Waals surface area contributed by atoms with E-state index in [9.17, 15) is 13.2 Å². The number of nitrogens with zero attached hydrogens (tertiary/aromatic N) is 1. The molecule has 0 saturated carbocycles. The quantitative estimate of drug-likeness (QED) is 0.846.